The van der Waals surface area contributed by atoms with Crippen LogP contribution in [0, 0.1) is 6.92 Å². The molecule has 1 saturated heterocycles. The molecule has 0 radical (unpaired) electrons. The molecule has 5 rings (SSSR count). The molecule has 2 amide bonds. The number of anilines is 2. The molecule has 0 unspecified atom stereocenters. The number of nitrogens with two attached hydrogens (primary N) is 1. The van der Waals surface area contributed by atoms with Gasteiger partial charge in [-0.2, -0.15) is 5.10 Å². The van der Waals surface area contributed by atoms with Gasteiger partial charge >= 0.3 is 0 Å². The largest absolute Gasteiger partial charge is 0.383 e. The molecule has 37 heavy (non-hydrogen) atoms. The van der Waals surface area contributed by atoms with Gasteiger partial charge in [-0.15, -0.1) is 0 Å². The Morgan fingerprint density at radius 1 is 1.14 bits per heavy atom. The summed E-state index contributed by atoms with van der Waals surface area (Å²) >= 11 is 0. The van der Waals surface area contributed by atoms with Crippen molar-refractivity contribution in [1.29, 1.82) is 0 Å². The maximum Gasteiger partial charge on any atom is 0.256 e. The zero-order valence-corrected chi connectivity index (χ0v) is 21.0. The van der Waals surface area contributed by atoms with Gasteiger partial charge in [-0.3, -0.25) is 9.59 Å². The Morgan fingerprint density at radius 2 is 1.92 bits per heavy atom. The average Bonchev–Trinajstić information content (AvgIpc) is 3.54. The van der Waals surface area contributed by atoms with Gasteiger partial charge in [-0.25, -0.2) is 19.6 Å². The summed E-state index contributed by atoms with van der Waals surface area (Å²) in [6.07, 6.45) is 5.67. The first-order chi connectivity index (χ1) is 17.9. The number of carbonyl (C=O) groups excluding carboxylic acids is 2. The minimum atomic E-state index is -0.255. The van der Waals surface area contributed by atoms with E-state index in [1.807, 2.05) is 60.7 Å². The molecule has 4 aromatic rings. The van der Waals surface area contributed by atoms with Crippen molar-refractivity contribution in [3.63, 3.8) is 0 Å². The Balaban J connectivity index is 1.44. The Kier molecular flexibility index (Phi) is 6.39. The monoisotopic (exact) mass is 496 g/mol. The van der Waals surface area contributed by atoms with E-state index in [0.29, 0.717) is 47.0 Å². The van der Waals surface area contributed by atoms with E-state index in [9.17, 15) is 9.59 Å². The number of likely N-dealkylation sites (tertiary alicyclic amines) is 1. The number of carbonyl (C=O) groups is 2. The number of hydrogen-bond acceptors (Lipinski definition) is 7. The van der Waals surface area contributed by atoms with Crippen molar-refractivity contribution < 1.29 is 9.59 Å². The molecule has 1 aliphatic heterocycles. The first kappa shape index (κ1) is 24.1. The Labute approximate surface area is 214 Å². The lowest BCUT2D eigenvalue weighted by Gasteiger charge is -2.17. The van der Waals surface area contributed by atoms with Crippen LogP contribution in [0.3, 0.4) is 0 Å². The lowest BCUT2D eigenvalue weighted by molar-refractivity contribution is -0.126. The number of nitrogens with one attached hydrogen (secondary N) is 1. The molecular weight excluding hydrogens is 468 g/mol. The van der Waals surface area contributed by atoms with Crippen molar-refractivity contribution >= 4 is 34.5 Å². The van der Waals surface area contributed by atoms with E-state index in [2.05, 4.69) is 20.3 Å². The third-order valence-electron chi connectivity index (χ3n) is 6.66. The topological polar surface area (TPSA) is 132 Å². The summed E-state index contributed by atoms with van der Waals surface area (Å²) in [5.74, 6) is 0.604. The summed E-state index contributed by atoms with van der Waals surface area (Å²) in [4.78, 5) is 40.1. The van der Waals surface area contributed by atoms with Crippen LogP contribution in [0.4, 0.5) is 11.6 Å². The Morgan fingerprint density at radius 3 is 2.65 bits per heavy atom. The lowest BCUT2D eigenvalue weighted by atomic mass is 10.1. The predicted octanol–water partition coefficient (Wildman–Crippen LogP) is 3.77. The molecule has 3 N–H and O–H groups in total. The number of amides is 2. The van der Waals surface area contributed by atoms with Crippen molar-refractivity contribution in [3.05, 3.63) is 71.7 Å². The summed E-state index contributed by atoms with van der Waals surface area (Å²) in [5.41, 5.74) is 10.5. The number of fused-ring (bicyclic) bond motifs is 1. The number of pyridine rings is 1. The van der Waals surface area contributed by atoms with Crippen LogP contribution in [-0.2, 0) is 4.79 Å². The van der Waals surface area contributed by atoms with Gasteiger partial charge in [0, 0.05) is 36.0 Å². The first-order valence-electron chi connectivity index (χ1n) is 12.1. The minimum Gasteiger partial charge on any atom is -0.383 e. The van der Waals surface area contributed by atoms with E-state index in [0.717, 1.165) is 23.1 Å². The van der Waals surface area contributed by atoms with Crippen LogP contribution in [-0.4, -0.2) is 54.5 Å². The highest BCUT2D eigenvalue weighted by molar-refractivity contribution is 6.04. The van der Waals surface area contributed by atoms with Gasteiger partial charge in [0.25, 0.3) is 5.91 Å². The van der Waals surface area contributed by atoms with E-state index in [4.69, 9.17) is 10.8 Å². The van der Waals surface area contributed by atoms with Gasteiger partial charge in [0.1, 0.15) is 23.7 Å². The Bertz CT molecular complexity index is 1520. The Hall–Kier alpha value is -4.60. The SMILES string of the molecule is CC=C(C)C(=O)N1CC[C@@H](n2nc(-c3ccc(C(=O)Nc4cc(C)ccn4)cc3)c3c(N)ncnc32)C1. The van der Waals surface area contributed by atoms with Crippen molar-refractivity contribution in [2.24, 2.45) is 0 Å². The molecule has 10 nitrogen and oxygen atoms in total. The zero-order chi connectivity index (χ0) is 26.1. The molecule has 0 aliphatic carbocycles. The second-order valence-electron chi connectivity index (χ2n) is 9.17. The van der Waals surface area contributed by atoms with Crippen molar-refractivity contribution in [3.8, 4) is 11.3 Å². The van der Waals surface area contributed by atoms with E-state index in [-0.39, 0.29) is 17.9 Å². The summed E-state index contributed by atoms with van der Waals surface area (Å²) in [6.45, 7) is 6.81. The summed E-state index contributed by atoms with van der Waals surface area (Å²) in [7, 11) is 0. The fourth-order valence-electron chi connectivity index (χ4n) is 4.52. The van der Waals surface area contributed by atoms with Crippen LogP contribution in [0.5, 0.6) is 0 Å². The minimum absolute atomic E-state index is 0.0329. The van der Waals surface area contributed by atoms with Gasteiger partial charge in [-0.05, 0) is 57.0 Å². The molecule has 10 heteroatoms. The summed E-state index contributed by atoms with van der Waals surface area (Å²) < 4.78 is 1.85. The highest BCUT2D eigenvalue weighted by Crippen LogP contribution is 2.34. The fourth-order valence-corrected chi connectivity index (χ4v) is 4.52. The van der Waals surface area contributed by atoms with Gasteiger partial charge in [0.05, 0.1) is 11.4 Å². The van der Waals surface area contributed by atoms with Crippen LogP contribution < -0.4 is 11.1 Å². The van der Waals surface area contributed by atoms with Crippen molar-refractivity contribution in [1.82, 2.24) is 29.6 Å². The quantitative estimate of drug-likeness (QED) is 0.402. The van der Waals surface area contributed by atoms with Crippen molar-refractivity contribution in [2.75, 3.05) is 24.1 Å². The van der Waals surface area contributed by atoms with Gasteiger partial charge in [0.2, 0.25) is 5.91 Å². The van der Waals surface area contributed by atoms with Crippen LogP contribution in [0.15, 0.2) is 60.6 Å². The zero-order valence-electron chi connectivity index (χ0n) is 21.0. The predicted molar refractivity (Wildman–Crippen MR) is 142 cm³/mol. The molecule has 0 saturated carbocycles. The van der Waals surface area contributed by atoms with Gasteiger partial charge in [-0.1, -0.05) is 18.2 Å². The number of benzene rings is 1. The number of nitrogen functional groups attached to an aromatic ring is 1. The summed E-state index contributed by atoms with van der Waals surface area (Å²) in [6, 6.07) is 10.8. The van der Waals surface area contributed by atoms with Crippen LogP contribution in [0.2, 0.25) is 0 Å². The smallest absolute Gasteiger partial charge is 0.256 e. The number of allylic oxidation sites excluding steroid dienone is 1. The number of aryl methyl sites for hydroxylation is 1. The number of aromatic nitrogens is 5. The van der Waals surface area contributed by atoms with Crippen LogP contribution >= 0.6 is 0 Å². The molecule has 0 spiro atoms. The fraction of sp³-hybridized carbons (Fsp3) is 0.259. The number of rotatable bonds is 5. The third-order valence-corrected chi connectivity index (χ3v) is 6.66. The van der Waals surface area contributed by atoms with Crippen molar-refractivity contribution in [2.45, 2.75) is 33.2 Å². The lowest BCUT2D eigenvalue weighted by Crippen LogP contribution is -2.29. The molecule has 3 aromatic heterocycles. The number of hydrogen-bond donors (Lipinski definition) is 2. The van der Waals surface area contributed by atoms with E-state index in [1.165, 1.54) is 6.33 Å². The molecule has 1 fully saturated rings. The van der Waals surface area contributed by atoms with E-state index < -0.39 is 0 Å². The molecule has 188 valence electrons. The maximum absolute atomic E-state index is 12.7. The summed E-state index contributed by atoms with van der Waals surface area (Å²) in [5, 5.41) is 8.35. The molecule has 1 aliphatic rings. The second-order valence-corrected chi connectivity index (χ2v) is 9.17. The molecule has 1 aromatic carbocycles. The van der Waals surface area contributed by atoms with Gasteiger partial charge in [0.15, 0.2) is 5.65 Å². The van der Waals surface area contributed by atoms with E-state index in [1.54, 1.807) is 18.3 Å². The number of nitrogens with zero attached hydrogens (tertiary/aromatic N) is 6. The van der Waals surface area contributed by atoms with E-state index >= 15 is 0 Å². The molecular formula is C27H28N8O2. The normalized spacial score (nSPS) is 15.8. The first-order valence-corrected chi connectivity index (χ1v) is 12.1. The molecule has 0 bridgehead atoms. The second kappa shape index (κ2) is 9.81. The third kappa shape index (κ3) is 4.65. The highest BCUT2D eigenvalue weighted by Gasteiger charge is 2.31. The average molecular weight is 497 g/mol. The standard InChI is InChI=1S/C27H28N8O2/c1-4-17(3)27(37)34-12-10-20(14-34)35-25-22(24(28)30-15-31-25)23(33-35)18-5-7-19(8-6-18)26(36)32-21-13-16(2)9-11-29-21/h4-9,11,13,15,20H,10,12,14H2,1-3H3,(H2,28,30,31)(H,29,32,36)/t20-/m1/s1. The molecule has 1 atom stereocenters. The molecule has 4 heterocycles. The van der Waals surface area contributed by atoms with Gasteiger partial charge < -0.3 is 16.0 Å². The highest BCUT2D eigenvalue weighted by atomic mass is 16.2. The maximum atomic E-state index is 12.7. The van der Waals surface area contributed by atoms with Crippen LogP contribution in [0.25, 0.3) is 22.3 Å². The van der Waals surface area contributed by atoms with Crippen LogP contribution in [0.1, 0.15) is 42.2 Å².